The third kappa shape index (κ3) is 5.24. The molecule has 2 aromatic heterocycles. The number of nitrogens with zero attached hydrogens (tertiary/aromatic N) is 4. The van der Waals surface area contributed by atoms with E-state index in [0.717, 1.165) is 11.1 Å². The maximum absolute atomic E-state index is 13.4. The van der Waals surface area contributed by atoms with Gasteiger partial charge < -0.3 is 19.8 Å². The summed E-state index contributed by atoms with van der Waals surface area (Å²) >= 11 is 0. The zero-order valence-corrected chi connectivity index (χ0v) is 22.6. The molecule has 5 rings (SSSR count). The van der Waals surface area contributed by atoms with Gasteiger partial charge in [-0.05, 0) is 35.4 Å². The van der Waals surface area contributed by atoms with Gasteiger partial charge in [-0.1, -0.05) is 68.4 Å². The van der Waals surface area contributed by atoms with E-state index in [9.17, 15) is 9.59 Å². The molecule has 0 aliphatic rings. The van der Waals surface area contributed by atoms with E-state index in [1.807, 2.05) is 86.5 Å². The number of carbonyl (C=O) groups is 1. The van der Waals surface area contributed by atoms with Crippen LogP contribution in [0.3, 0.4) is 0 Å². The fraction of sp³-hybridized carbons (Fsp3) is 0.200. The molecule has 1 unspecified atom stereocenters. The van der Waals surface area contributed by atoms with Crippen molar-refractivity contribution in [3.8, 4) is 17.3 Å². The summed E-state index contributed by atoms with van der Waals surface area (Å²) in [6, 6.07) is 23.9. The Labute approximate surface area is 226 Å². The third-order valence-electron chi connectivity index (χ3n) is 6.26. The molecule has 0 spiro atoms. The number of benzene rings is 3. The van der Waals surface area contributed by atoms with Crippen LogP contribution in [0.2, 0.25) is 0 Å². The van der Waals surface area contributed by atoms with Gasteiger partial charge in [0.05, 0.1) is 13.2 Å². The Balaban J connectivity index is 0.00000172. The number of anilines is 1. The molecule has 39 heavy (non-hydrogen) atoms. The summed E-state index contributed by atoms with van der Waals surface area (Å²) < 4.78 is 12.8. The minimum Gasteiger partial charge on any atom is -0.489 e. The molecule has 2 heterocycles. The lowest BCUT2D eigenvalue weighted by molar-refractivity contribution is 0.1000. The molecule has 1 amide bonds. The van der Waals surface area contributed by atoms with Crippen LogP contribution in [0, 0.1) is 0 Å². The molecule has 9 heteroatoms. The Morgan fingerprint density at radius 2 is 1.56 bits per heavy atom. The average Bonchev–Trinajstić information content (AvgIpc) is 3.40. The van der Waals surface area contributed by atoms with Gasteiger partial charge in [-0.3, -0.25) is 14.2 Å². The van der Waals surface area contributed by atoms with Crippen LogP contribution in [-0.2, 0) is 7.05 Å². The van der Waals surface area contributed by atoms with Crippen molar-refractivity contribution in [2.75, 3.05) is 19.1 Å². The monoisotopic (exact) mass is 525 g/mol. The van der Waals surface area contributed by atoms with E-state index in [1.165, 1.54) is 11.7 Å². The predicted octanol–water partition coefficient (Wildman–Crippen LogP) is 4.95. The number of nitrogens with two attached hydrogens (primary N) is 1. The lowest BCUT2D eigenvalue weighted by Gasteiger charge is -2.31. The topological polar surface area (TPSA) is 116 Å². The summed E-state index contributed by atoms with van der Waals surface area (Å²) in [7, 11) is 4.91. The first-order valence-corrected chi connectivity index (χ1v) is 12.6. The fourth-order valence-electron chi connectivity index (χ4n) is 4.41. The highest BCUT2D eigenvalue weighted by atomic mass is 16.5. The molecule has 0 aliphatic heterocycles. The molecule has 1 atom stereocenters. The maximum atomic E-state index is 13.4. The van der Waals surface area contributed by atoms with Gasteiger partial charge in [0.1, 0.15) is 5.52 Å². The van der Waals surface area contributed by atoms with Crippen LogP contribution in [0.5, 0.6) is 5.75 Å². The number of rotatable bonds is 7. The number of hydrogen-bond donors (Lipinski definition) is 1. The van der Waals surface area contributed by atoms with E-state index in [2.05, 4.69) is 4.98 Å². The van der Waals surface area contributed by atoms with Crippen molar-refractivity contribution < 1.29 is 13.9 Å². The van der Waals surface area contributed by atoms with Crippen LogP contribution in [0.1, 0.15) is 41.4 Å². The smallest absolute Gasteiger partial charge is 0.297 e. The van der Waals surface area contributed by atoms with Gasteiger partial charge in [0.2, 0.25) is 17.6 Å². The number of fused-ring (bicyclic) bond motifs is 1. The number of hydrogen-bond acceptors (Lipinski definition) is 7. The van der Waals surface area contributed by atoms with Crippen molar-refractivity contribution in [3.63, 3.8) is 0 Å². The molecular weight excluding hydrogens is 494 g/mol. The van der Waals surface area contributed by atoms with Crippen molar-refractivity contribution in [1.82, 2.24) is 14.5 Å². The average molecular weight is 526 g/mol. The van der Waals surface area contributed by atoms with Crippen LogP contribution in [0.15, 0.2) is 88.1 Å². The largest absolute Gasteiger partial charge is 0.489 e. The first-order chi connectivity index (χ1) is 18.9. The summed E-state index contributed by atoms with van der Waals surface area (Å²) in [5, 5.41) is 0. The molecule has 200 valence electrons. The number of ether oxygens (including phenoxy) is 1. The van der Waals surface area contributed by atoms with Gasteiger partial charge in [-0.25, -0.2) is 9.97 Å². The van der Waals surface area contributed by atoms with E-state index < -0.39 is 5.91 Å². The summed E-state index contributed by atoms with van der Waals surface area (Å²) in [6.07, 6.45) is 0. The van der Waals surface area contributed by atoms with Crippen molar-refractivity contribution in [3.05, 3.63) is 106 Å². The third-order valence-corrected chi connectivity index (χ3v) is 6.26. The summed E-state index contributed by atoms with van der Waals surface area (Å²) in [5.41, 5.74) is 8.75. The molecule has 0 aliphatic carbocycles. The second kappa shape index (κ2) is 11.6. The number of methoxy groups -OCH3 is 1. The van der Waals surface area contributed by atoms with E-state index in [1.54, 1.807) is 25.2 Å². The molecule has 0 bridgehead atoms. The van der Waals surface area contributed by atoms with Gasteiger partial charge in [0, 0.05) is 19.7 Å². The first kappa shape index (κ1) is 27.1. The second-order valence-corrected chi connectivity index (χ2v) is 8.55. The molecule has 3 aromatic carbocycles. The molecule has 9 nitrogen and oxygen atoms in total. The van der Waals surface area contributed by atoms with Crippen LogP contribution in [-0.4, -0.2) is 34.6 Å². The zero-order valence-electron chi connectivity index (χ0n) is 22.6. The van der Waals surface area contributed by atoms with Crippen molar-refractivity contribution in [2.45, 2.75) is 19.9 Å². The van der Waals surface area contributed by atoms with Crippen molar-refractivity contribution in [1.29, 1.82) is 0 Å². The van der Waals surface area contributed by atoms with E-state index in [4.69, 9.17) is 19.9 Å². The van der Waals surface area contributed by atoms with Crippen molar-refractivity contribution in [2.24, 2.45) is 12.8 Å². The predicted molar refractivity (Wildman–Crippen MR) is 152 cm³/mol. The Hall–Kier alpha value is -4.92. The highest BCUT2D eigenvalue weighted by Crippen LogP contribution is 2.34. The zero-order chi connectivity index (χ0) is 28.1. The highest BCUT2D eigenvalue weighted by molar-refractivity contribution is 5.92. The number of carbonyl (C=O) groups excluding carboxylic acids is 1. The summed E-state index contributed by atoms with van der Waals surface area (Å²) in [5.74, 6) is 0.0926. The van der Waals surface area contributed by atoms with E-state index in [0.29, 0.717) is 22.6 Å². The Bertz CT molecular complexity index is 1610. The van der Waals surface area contributed by atoms with Gasteiger partial charge >= 0.3 is 0 Å². The number of oxazole rings is 1. The van der Waals surface area contributed by atoms with E-state index >= 15 is 0 Å². The first-order valence-electron chi connectivity index (χ1n) is 12.6. The number of primary amides is 1. The second-order valence-electron chi connectivity index (χ2n) is 8.55. The Morgan fingerprint density at radius 1 is 0.949 bits per heavy atom. The van der Waals surface area contributed by atoms with Gasteiger partial charge in [0.15, 0.2) is 11.3 Å². The number of amides is 1. The lowest BCUT2D eigenvalue weighted by atomic mass is 9.96. The number of aromatic nitrogens is 3. The Morgan fingerprint density at radius 3 is 2.18 bits per heavy atom. The molecule has 2 N–H and O–H groups in total. The minimum atomic E-state index is -0.502. The maximum Gasteiger partial charge on any atom is 0.297 e. The van der Waals surface area contributed by atoms with Gasteiger partial charge in [-0.2, -0.15) is 0 Å². The van der Waals surface area contributed by atoms with Crippen molar-refractivity contribution >= 4 is 23.0 Å². The van der Waals surface area contributed by atoms with Crippen LogP contribution < -0.4 is 20.9 Å². The minimum absolute atomic E-state index is 0.0354. The fourth-order valence-corrected chi connectivity index (χ4v) is 4.41. The van der Waals surface area contributed by atoms with Crippen LogP contribution in [0.25, 0.3) is 22.7 Å². The SMILES string of the molecule is CC.COc1c(-c2nc3ccccc3o2)nc(N(C)C(c2ccccc2)c2ccc(C(N)=O)cc2)n(C)c1=O. The van der Waals surface area contributed by atoms with E-state index in [-0.39, 0.29) is 28.9 Å². The molecule has 0 radical (unpaired) electrons. The molecule has 0 saturated heterocycles. The summed E-state index contributed by atoms with van der Waals surface area (Å²) in [6.45, 7) is 4.00. The Kier molecular flexibility index (Phi) is 8.10. The molecular formula is C30H31N5O4. The molecule has 5 aromatic rings. The highest BCUT2D eigenvalue weighted by Gasteiger charge is 2.27. The van der Waals surface area contributed by atoms with Gasteiger partial charge in [-0.15, -0.1) is 0 Å². The lowest BCUT2D eigenvalue weighted by Crippen LogP contribution is -2.33. The summed E-state index contributed by atoms with van der Waals surface area (Å²) in [4.78, 5) is 36.3. The normalized spacial score (nSPS) is 11.4. The molecule has 0 fully saturated rings. The van der Waals surface area contributed by atoms with Crippen LogP contribution >= 0.6 is 0 Å². The quantitative estimate of drug-likeness (QED) is 0.320. The standard InChI is InChI=1S/C28H25N5O4.C2H6/c1-32(23(17-9-5-4-6-10-17)18-13-15-19(16-14-18)25(29)34)28-31-22(24(36-3)27(35)33(28)2)26-30-20-11-7-8-12-21(20)37-26;1-2/h4-16,23H,1-3H3,(H2,29,34);1-2H3. The van der Waals surface area contributed by atoms with Gasteiger partial charge in [0.25, 0.3) is 11.4 Å². The van der Waals surface area contributed by atoms with Crippen LogP contribution in [0.4, 0.5) is 5.95 Å². The molecule has 0 saturated carbocycles. The number of para-hydroxylation sites is 2.